The van der Waals surface area contributed by atoms with E-state index in [4.69, 9.17) is 10.2 Å². The number of H-pyrrole nitrogens is 1. The highest BCUT2D eigenvalue weighted by molar-refractivity contribution is 14.1. The maximum Gasteiger partial charge on any atom is 0.254 e. The van der Waals surface area contributed by atoms with E-state index in [0.29, 0.717) is 17.4 Å². The normalized spacial score (nSPS) is 16.6. The Morgan fingerprint density at radius 3 is 2.44 bits per heavy atom. The Labute approximate surface area is 227 Å². The number of amides is 1. The van der Waals surface area contributed by atoms with E-state index in [1.165, 1.54) is 30.4 Å². The molecule has 1 saturated heterocycles. The first-order chi connectivity index (χ1) is 17.5. The summed E-state index contributed by atoms with van der Waals surface area (Å²) in [5.74, 6) is 2.03. The fourth-order valence-corrected chi connectivity index (χ4v) is 6.11. The molecule has 1 saturated carbocycles. The Balaban J connectivity index is 1.39. The van der Waals surface area contributed by atoms with E-state index < -0.39 is 0 Å². The molecule has 5 nitrogen and oxygen atoms in total. The minimum absolute atomic E-state index is 0.128. The van der Waals surface area contributed by atoms with Crippen LogP contribution in [0.3, 0.4) is 0 Å². The number of aromatic nitrogens is 2. The number of aryl methyl sites for hydroxylation is 3. The number of alkyl halides is 1. The van der Waals surface area contributed by atoms with Gasteiger partial charge in [-0.25, -0.2) is 4.98 Å². The number of piperidine rings is 1. The van der Waals surface area contributed by atoms with Crippen LogP contribution in [0.4, 0.5) is 0 Å². The number of hydrogen-bond donors (Lipinski definition) is 1. The van der Waals surface area contributed by atoms with Crippen molar-refractivity contribution in [3.63, 3.8) is 0 Å². The van der Waals surface area contributed by atoms with Gasteiger partial charge in [0.05, 0.1) is 17.3 Å². The molecule has 36 heavy (non-hydrogen) atoms. The maximum absolute atomic E-state index is 13.7. The molecule has 2 fully saturated rings. The van der Waals surface area contributed by atoms with Gasteiger partial charge in [0.25, 0.3) is 5.91 Å². The molecule has 1 aliphatic heterocycles. The van der Waals surface area contributed by atoms with E-state index in [1.54, 1.807) is 0 Å². The second-order valence-corrected chi connectivity index (χ2v) is 11.4. The number of carbonyl (C=O) groups excluding carboxylic acids is 1. The fraction of sp³-hybridized carbons (Fsp3) is 0.433. The van der Waals surface area contributed by atoms with Gasteiger partial charge in [0.15, 0.2) is 0 Å². The Morgan fingerprint density at radius 2 is 1.83 bits per heavy atom. The molecule has 0 atom stereocenters. The second kappa shape index (κ2) is 10.8. The number of halogens is 1. The Hall–Kier alpha value is -2.66. The molecule has 1 N–H and O–H groups in total. The number of benzene rings is 2. The van der Waals surface area contributed by atoms with Gasteiger partial charge in [-0.15, -0.1) is 0 Å². The van der Waals surface area contributed by atoms with E-state index >= 15 is 0 Å². The van der Waals surface area contributed by atoms with Gasteiger partial charge in [-0.3, -0.25) is 4.79 Å². The molecule has 6 heteroatoms. The Kier molecular flexibility index (Phi) is 7.47. The number of rotatable bonds is 6. The first kappa shape index (κ1) is 25.0. The molecule has 186 valence electrons. The van der Waals surface area contributed by atoms with E-state index in [9.17, 15) is 4.79 Å². The molecule has 1 aromatic heterocycles. The van der Waals surface area contributed by atoms with E-state index in [1.807, 2.05) is 17.0 Å². The van der Waals surface area contributed by atoms with Crippen molar-refractivity contribution < 1.29 is 4.79 Å². The minimum Gasteiger partial charge on any atom is -0.342 e. The number of hydrogen-bond acceptors (Lipinski definition) is 3. The molecule has 0 radical (unpaired) electrons. The highest BCUT2D eigenvalue weighted by atomic mass is 127. The summed E-state index contributed by atoms with van der Waals surface area (Å²) >= 11 is 2.40. The minimum atomic E-state index is 0.128. The molecule has 0 unspecified atom stereocenters. The Bertz CT molecular complexity index is 1290. The summed E-state index contributed by atoms with van der Waals surface area (Å²) in [6.45, 7) is 5.68. The van der Waals surface area contributed by atoms with Crippen LogP contribution in [0.25, 0.3) is 11.4 Å². The number of likely N-dealkylation sites (tertiary alicyclic amines) is 1. The van der Waals surface area contributed by atoms with Crippen LogP contribution in [0.1, 0.15) is 87.9 Å². The molecule has 1 aliphatic carbocycles. The zero-order valence-electron chi connectivity index (χ0n) is 21.1. The standard InChI is InChI=1S/C30H33IN4O/c1-19-16-26(24-4-3-5-24)27(29-33-20(2)28(34-29)10-13-31)17-25(19)30(36)35-14-11-23(12-15-35)22-8-6-21(18-32)7-9-22/h6-9,16-17,23-24H,3-5,10-15H2,1-2H3,(H,33,34). The van der Waals surface area contributed by atoms with Gasteiger partial charge in [0.1, 0.15) is 5.82 Å². The summed E-state index contributed by atoms with van der Waals surface area (Å²) in [6.07, 6.45) is 6.54. The maximum atomic E-state index is 13.7. The van der Waals surface area contributed by atoms with Crippen LogP contribution >= 0.6 is 22.6 Å². The fourth-order valence-electron chi connectivity index (χ4n) is 5.60. The van der Waals surface area contributed by atoms with Gasteiger partial charge in [-0.2, -0.15) is 5.26 Å². The van der Waals surface area contributed by atoms with E-state index in [-0.39, 0.29) is 5.91 Å². The number of aromatic amines is 1. The zero-order valence-corrected chi connectivity index (χ0v) is 23.3. The number of nitrogens with one attached hydrogen (secondary N) is 1. The molecular formula is C30H33IN4O. The molecule has 0 spiro atoms. The van der Waals surface area contributed by atoms with E-state index in [2.05, 4.69) is 71.8 Å². The number of nitriles is 1. The SMILES string of the molecule is Cc1cc(C2CCC2)c(-c2nc(CCI)c(C)[nH]2)cc1C(=O)N1CCC(c2ccc(C#N)cc2)CC1. The predicted octanol–water partition coefficient (Wildman–Crippen LogP) is 6.83. The van der Waals surface area contributed by atoms with Gasteiger partial charge in [-0.05, 0) is 86.3 Å². The first-order valence-corrected chi connectivity index (χ1v) is 14.6. The lowest BCUT2D eigenvalue weighted by Crippen LogP contribution is -2.38. The summed E-state index contributed by atoms with van der Waals surface area (Å²) in [5, 5.41) is 9.06. The van der Waals surface area contributed by atoms with Crippen molar-refractivity contribution in [1.29, 1.82) is 5.26 Å². The molecule has 5 rings (SSSR count). The largest absolute Gasteiger partial charge is 0.342 e. The van der Waals surface area contributed by atoms with Gasteiger partial charge >= 0.3 is 0 Å². The van der Waals surface area contributed by atoms with Gasteiger partial charge < -0.3 is 9.88 Å². The smallest absolute Gasteiger partial charge is 0.254 e. The zero-order chi connectivity index (χ0) is 25.2. The Morgan fingerprint density at radius 1 is 1.11 bits per heavy atom. The molecule has 2 heterocycles. The summed E-state index contributed by atoms with van der Waals surface area (Å²) in [5.41, 5.74) is 8.51. The van der Waals surface area contributed by atoms with Crippen LogP contribution in [-0.2, 0) is 6.42 Å². The third-order valence-corrected chi connectivity index (χ3v) is 8.58. The molecule has 0 bridgehead atoms. The number of imidazole rings is 1. The average molecular weight is 593 g/mol. The summed E-state index contributed by atoms with van der Waals surface area (Å²) < 4.78 is 1.04. The molecule has 1 amide bonds. The highest BCUT2D eigenvalue weighted by Gasteiger charge is 2.29. The van der Waals surface area contributed by atoms with Crippen LogP contribution < -0.4 is 0 Å². The van der Waals surface area contributed by atoms with Crippen molar-refractivity contribution in [2.24, 2.45) is 0 Å². The van der Waals surface area contributed by atoms with Gasteiger partial charge in [0, 0.05) is 40.8 Å². The lowest BCUT2D eigenvalue weighted by atomic mass is 9.77. The third-order valence-electron chi connectivity index (χ3n) is 8.04. The molecular weight excluding hydrogens is 559 g/mol. The third kappa shape index (κ3) is 4.95. The van der Waals surface area contributed by atoms with Crippen LogP contribution in [0, 0.1) is 25.2 Å². The van der Waals surface area contributed by atoms with Crippen LogP contribution in [-0.4, -0.2) is 38.3 Å². The van der Waals surface area contributed by atoms with E-state index in [0.717, 1.165) is 70.7 Å². The average Bonchev–Trinajstić information content (AvgIpc) is 3.23. The van der Waals surface area contributed by atoms with Crippen molar-refractivity contribution >= 4 is 28.5 Å². The van der Waals surface area contributed by atoms with Crippen molar-refractivity contribution in [3.8, 4) is 17.5 Å². The van der Waals surface area contributed by atoms with Crippen LogP contribution in [0.15, 0.2) is 36.4 Å². The monoisotopic (exact) mass is 592 g/mol. The summed E-state index contributed by atoms with van der Waals surface area (Å²) in [7, 11) is 0. The number of nitrogens with zero attached hydrogens (tertiary/aromatic N) is 3. The van der Waals surface area contributed by atoms with Gasteiger partial charge in [-0.1, -0.05) is 47.2 Å². The lowest BCUT2D eigenvalue weighted by molar-refractivity contribution is 0.0712. The van der Waals surface area contributed by atoms with Crippen molar-refractivity contribution in [1.82, 2.24) is 14.9 Å². The van der Waals surface area contributed by atoms with Crippen molar-refractivity contribution in [3.05, 3.63) is 75.6 Å². The van der Waals surface area contributed by atoms with Crippen molar-refractivity contribution in [2.75, 3.05) is 17.5 Å². The summed E-state index contributed by atoms with van der Waals surface area (Å²) in [6, 6.07) is 14.5. The second-order valence-electron chi connectivity index (χ2n) is 10.3. The molecule has 2 aromatic carbocycles. The molecule has 3 aromatic rings. The van der Waals surface area contributed by atoms with Crippen LogP contribution in [0.2, 0.25) is 0 Å². The predicted molar refractivity (Wildman–Crippen MR) is 152 cm³/mol. The van der Waals surface area contributed by atoms with Crippen molar-refractivity contribution in [2.45, 2.75) is 64.2 Å². The lowest BCUT2D eigenvalue weighted by Gasteiger charge is -2.33. The van der Waals surface area contributed by atoms with Gasteiger partial charge in [0.2, 0.25) is 0 Å². The number of carbonyl (C=O) groups is 1. The first-order valence-electron chi connectivity index (χ1n) is 13.0. The topological polar surface area (TPSA) is 72.8 Å². The van der Waals surface area contributed by atoms with Crippen LogP contribution in [0.5, 0.6) is 0 Å². The molecule has 2 aliphatic rings. The summed E-state index contributed by atoms with van der Waals surface area (Å²) in [4.78, 5) is 24.2. The quantitative estimate of drug-likeness (QED) is 0.252. The highest BCUT2D eigenvalue weighted by Crippen LogP contribution is 2.42.